The van der Waals surface area contributed by atoms with Gasteiger partial charge in [-0.3, -0.25) is 4.90 Å². The van der Waals surface area contributed by atoms with E-state index < -0.39 is 0 Å². The zero-order valence-electron chi connectivity index (χ0n) is 12.4. The van der Waals surface area contributed by atoms with Crippen LogP contribution >= 0.6 is 0 Å². The fraction of sp³-hybridized carbons (Fsp3) is 0.471. The Morgan fingerprint density at radius 2 is 2.20 bits per heavy atom. The first-order chi connectivity index (χ1) is 9.76. The number of piperidine rings is 1. The minimum absolute atomic E-state index is 0.815. The average Bonchev–Trinajstić information content (AvgIpc) is 2.46. The molecule has 1 aromatic carbocycles. The highest BCUT2D eigenvalue weighted by atomic mass is 15.1. The molecule has 0 aliphatic carbocycles. The lowest BCUT2D eigenvalue weighted by Crippen LogP contribution is -2.33. The predicted molar refractivity (Wildman–Crippen MR) is 85.0 cm³/mol. The van der Waals surface area contributed by atoms with Gasteiger partial charge in [0.05, 0.1) is 5.52 Å². The van der Waals surface area contributed by atoms with Crippen LogP contribution in [0.25, 0.3) is 10.9 Å². The monoisotopic (exact) mass is 269 g/mol. The number of aromatic nitrogens is 1. The largest absolute Gasteiger partial charge is 0.373 e. The van der Waals surface area contributed by atoms with E-state index >= 15 is 0 Å². The molecule has 3 heteroatoms. The van der Waals surface area contributed by atoms with Crippen molar-refractivity contribution in [2.45, 2.75) is 26.3 Å². The molecule has 1 atom stereocenters. The van der Waals surface area contributed by atoms with Crippen molar-refractivity contribution in [1.82, 2.24) is 9.88 Å². The van der Waals surface area contributed by atoms with Gasteiger partial charge in [0, 0.05) is 31.1 Å². The summed E-state index contributed by atoms with van der Waals surface area (Å²) in [5.41, 5.74) is 2.37. The number of nitrogens with one attached hydrogen (secondary N) is 1. The van der Waals surface area contributed by atoms with Crippen molar-refractivity contribution in [3.8, 4) is 0 Å². The van der Waals surface area contributed by atoms with E-state index in [1.165, 1.54) is 36.9 Å². The summed E-state index contributed by atoms with van der Waals surface area (Å²) in [7, 11) is 1.96. The van der Waals surface area contributed by atoms with Crippen molar-refractivity contribution in [3.05, 3.63) is 35.9 Å². The van der Waals surface area contributed by atoms with Gasteiger partial charge >= 0.3 is 0 Å². The van der Waals surface area contributed by atoms with E-state index in [2.05, 4.69) is 41.4 Å². The summed E-state index contributed by atoms with van der Waals surface area (Å²) in [6.07, 6.45) is 2.68. The fourth-order valence-corrected chi connectivity index (χ4v) is 3.17. The number of anilines is 1. The van der Waals surface area contributed by atoms with Crippen LogP contribution in [0.2, 0.25) is 0 Å². The number of benzene rings is 1. The van der Waals surface area contributed by atoms with E-state index in [-0.39, 0.29) is 0 Å². The maximum Gasteiger partial charge on any atom is 0.130 e. The third kappa shape index (κ3) is 2.78. The maximum absolute atomic E-state index is 4.74. The molecule has 2 heterocycles. The zero-order valence-corrected chi connectivity index (χ0v) is 12.4. The van der Waals surface area contributed by atoms with Gasteiger partial charge in [0.25, 0.3) is 0 Å². The van der Waals surface area contributed by atoms with Crippen molar-refractivity contribution in [2.75, 3.05) is 25.5 Å². The van der Waals surface area contributed by atoms with Crippen LogP contribution < -0.4 is 5.32 Å². The number of hydrogen-bond acceptors (Lipinski definition) is 3. The molecule has 2 aromatic rings. The molecule has 3 nitrogen and oxygen atoms in total. The first-order valence-electron chi connectivity index (χ1n) is 7.55. The summed E-state index contributed by atoms with van der Waals surface area (Å²) in [5, 5.41) is 4.48. The normalized spacial score (nSPS) is 20.2. The molecule has 0 spiro atoms. The number of likely N-dealkylation sites (tertiary alicyclic amines) is 1. The Balaban J connectivity index is 1.89. The van der Waals surface area contributed by atoms with Crippen LogP contribution in [0.3, 0.4) is 0 Å². The summed E-state index contributed by atoms with van der Waals surface area (Å²) < 4.78 is 0. The molecular weight excluding hydrogens is 246 g/mol. The van der Waals surface area contributed by atoms with Gasteiger partial charge < -0.3 is 5.32 Å². The summed E-state index contributed by atoms with van der Waals surface area (Å²) in [5.74, 6) is 1.83. The van der Waals surface area contributed by atoms with E-state index in [9.17, 15) is 0 Å². The lowest BCUT2D eigenvalue weighted by molar-refractivity contribution is 0.177. The Morgan fingerprint density at radius 1 is 1.35 bits per heavy atom. The Labute approximate surface area is 121 Å². The SMILES string of the molecule is CNc1nc2ccccc2cc1CN1CCCC(C)C1. The van der Waals surface area contributed by atoms with E-state index in [1.54, 1.807) is 0 Å². The molecule has 0 radical (unpaired) electrons. The smallest absolute Gasteiger partial charge is 0.130 e. The van der Waals surface area contributed by atoms with Gasteiger partial charge in [0.15, 0.2) is 0 Å². The summed E-state index contributed by atoms with van der Waals surface area (Å²) in [6.45, 7) is 5.76. The third-order valence-electron chi connectivity index (χ3n) is 4.17. The van der Waals surface area contributed by atoms with Crippen molar-refractivity contribution in [2.24, 2.45) is 5.92 Å². The molecular formula is C17H23N3. The fourth-order valence-electron chi connectivity index (χ4n) is 3.17. The van der Waals surface area contributed by atoms with Crippen LogP contribution in [-0.2, 0) is 6.54 Å². The first kappa shape index (κ1) is 13.4. The molecule has 0 bridgehead atoms. The first-order valence-corrected chi connectivity index (χ1v) is 7.55. The summed E-state index contributed by atoms with van der Waals surface area (Å²) in [4.78, 5) is 7.30. The minimum atomic E-state index is 0.815. The molecule has 1 saturated heterocycles. The molecule has 20 heavy (non-hydrogen) atoms. The van der Waals surface area contributed by atoms with Gasteiger partial charge in [0.1, 0.15) is 5.82 Å². The molecule has 1 aromatic heterocycles. The molecule has 3 rings (SSSR count). The van der Waals surface area contributed by atoms with Gasteiger partial charge in [-0.15, -0.1) is 0 Å². The van der Waals surface area contributed by atoms with Crippen LogP contribution in [0.15, 0.2) is 30.3 Å². The van der Waals surface area contributed by atoms with Crippen molar-refractivity contribution >= 4 is 16.7 Å². The Bertz CT molecular complexity index is 594. The molecule has 0 saturated carbocycles. The maximum atomic E-state index is 4.74. The number of pyridine rings is 1. The van der Waals surface area contributed by atoms with Gasteiger partial charge in [-0.1, -0.05) is 25.1 Å². The van der Waals surface area contributed by atoms with E-state index in [0.717, 1.165) is 23.8 Å². The predicted octanol–water partition coefficient (Wildman–Crippen LogP) is 3.51. The number of para-hydroxylation sites is 1. The average molecular weight is 269 g/mol. The summed E-state index contributed by atoms with van der Waals surface area (Å²) >= 11 is 0. The number of fused-ring (bicyclic) bond motifs is 1. The second-order valence-electron chi connectivity index (χ2n) is 5.92. The van der Waals surface area contributed by atoms with Crippen molar-refractivity contribution in [1.29, 1.82) is 0 Å². The second-order valence-corrected chi connectivity index (χ2v) is 5.92. The van der Waals surface area contributed by atoms with Gasteiger partial charge in [-0.25, -0.2) is 4.98 Å². The lowest BCUT2D eigenvalue weighted by Gasteiger charge is -2.31. The topological polar surface area (TPSA) is 28.2 Å². The Hall–Kier alpha value is -1.61. The molecule has 0 amide bonds. The van der Waals surface area contributed by atoms with Gasteiger partial charge in [-0.2, -0.15) is 0 Å². The highest BCUT2D eigenvalue weighted by Crippen LogP contribution is 2.24. The van der Waals surface area contributed by atoms with Crippen molar-refractivity contribution < 1.29 is 0 Å². The van der Waals surface area contributed by atoms with Crippen LogP contribution in [0.5, 0.6) is 0 Å². The number of rotatable bonds is 3. The third-order valence-corrected chi connectivity index (χ3v) is 4.17. The molecule has 1 fully saturated rings. The van der Waals surface area contributed by atoms with Crippen molar-refractivity contribution in [3.63, 3.8) is 0 Å². The molecule has 1 aliphatic heterocycles. The molecule has 1 N–H and O–H groups in total. The van der Waals surface area contributed by atoms with Gasteiger partial charge in [0.2, 0.25) is 0 Å². The van der Waals surface area contributed by atoms with Gasteiger partial charge in [-0.05, 0) is 37.4 Å². The quantitative estimate of drug-likeness (QED) is 0.924. The molecule has 1 aliphatic rings. The van der Waals surface area contributed by atoms with Crippen LogP contribution in [0.4, 0.5) is 5.82 Å². The summed E-state index contributed by atoms with van der Waals surface area (Å²) in [6, 6.07) is 10.6. The number of nitrogens with zero attached hydrogens (tertiary/aromatic N) is 2. The highest BCUT2D eigenvalue weighted by Gasteiger charge is 2.17. The zero-order chi connectivity index (χ0) is 13.9. The highest BCUT2D eigenvalue weighted by molar-refractivity contribution is 5.81. The minimum Gasteiger partial charge on any atom is -0.373 e. The Morgan fingerprint density at radius 3 is 3.00 bits per heavy atom. The van der Waals surface area contributed by atoms with E-state index in [1.807, 2.05) is 13.1 Å². The van der Waals surface area contributed by atoms with Crippen LogP contribution in [0, 0.1) is 5.92 Å². The lowest BCUT2D eigenvalue weighted by atomic mass is 9.99. The molecule has 106 valence electrons. The van der Waals surface area contributed by atoms with E-state index in [4.69, 9.17) is 4.98 Å². The van der Waals surface area contributed by atoms with Crippen LogP contribution in [-0.4, -0.2) is 30.0 Å². The molecule has 1 unspecified atom stereocenters. The Kier molecular flexibility index (Phi) is 3.88. The second kappa shape index (κ2) is 5.80. The number of hydrogen-bond donors (Lipinski definition) is 1. The van der Waals surface area contributed by atoms with Crippen LogP contribution in [0.1, 0.15) is 25.3 Å². The standard InChI is InChI=1S/C17H23N3/c1-13-6-5-9-20(11-13)12-15-10-14-7-3-4-8-16(14)19-17(15)18-2/h3-4,7-8,10,13H,5-6,9,11-12H2,1-2H3,(H,18,19). The van der Waals surface area contributed by atoms with E-state index in [0.29, 0.717) is 0 Å².